The molecule has 1 aliphatic rings. The quantitative estimate of drug-likeness (QED) is 0.0600. The molecule has 0 aliphatic heterocycles. The SMILES string of the molecule is CC#CC[C@H](C)C(/C=C/[C@H]1C(O[Si](C)(C)C(C)(C)C)CC(=O)[C@@H]1C/C(Br)=C/CCCC(=O)OC)O[Si](C)(C)C(C)(C)C. The van der Waals surface area contributed by atoms with Crippen molar-refractivity contribution in [1.82, 2.24) is 0 Å². The lowest BCUT2D eigenvalue weighted by molar-refractivity contribution is -0.140. The third-order valence-corrected chi connectivity index (χ3v) is 19.1. The predicted octanol–water partition coefficient (Wildman–Crippen LogP) is 9.59. The summed E-state index contributed by atoms with van der Waals surface area (Å²) in [6.07, 6.45) is 9.96. The molecule has 1 fully saturated rings. The van der Waals surface area contributed by atoms with Crippen LogP contribution in [0.5, 0.6) is 0 Å². The van der Waals surface area contributed by atoms with Crippen molar-refractivity contribution in [1.29, 1.82) is 0 Å². The van der Waals surface area contributed by atoms with Gasteiger partial charge in [-0.2, -0.15) is 0 Å². The molecule has 240 valence electrons. The first-order valence-corrected chi connectivity index (χ1v) is 22.2. The highest BCUT2D eigenvalue weighted by molar-refractivity contribution is 9.11. The lowest BCUT2D eigenvalue weighted by atomic mass is 9.89. The van der Waals surface area contributed by atoms with Crippen molar-refractivity contribution in [2.75, 3.05) is 7.11 Å². The number of unbranched alkanes of at least 4 members (excludes halogenated alkanes) is 1. The van der Waals surface area contributed by atoms with Gasteiger partial charge in [0, 0.05) is 31.1 Å². The van der Waals surface area contributed by atoms with E-state index >= 15 is 0 Å². The van der Waals surface area contributed by atoms with E-state index in [-0.39, 0.29) is 51.8 Å². The van der Waals surface area contributed by atoms with Crippen molar-refractivity contribution in [3.63, 3.8) is 0 Å². The van der Waals surface area contributed by atoms with Crippen LogP contribution in [0.15, 0.2) is 22.7 Å². The van der Waals surface area contributed by atoms with E-state index in [2.05, 4.69) is 121 Å². The van der Waals surface area contributed by atoms with Crippen LogP contribution >= 0.6 is 15.9 Å². The molecule has 0 aromatic heterocycles. The second-order valence-corrected chi connectivity index (χ2v) is 25.5. The van der Waals surface area contributed by atoms with E-state index in [9.17, 15) is 9.59 Å². The van der Waals surface area contributed by atoms with Gasteiger partial charge in [-0.05, 0) is 72.9 Å². The van der Waals surface area contributed by atoms with Crippen LogP contribution < -0.4 is 0 Å². The summed E-state index contributed by atoms with van der Waals surface area (Å²) in [5.74, 6) is 6.34. The topological polar surface area (TPSA) is 61.8 Å². The first kappa shape index (κ1) is 39.0. The third kappa shape index (κ3) is 11.8. The first-order valence-electron chi connectivity index (χ1n) is 15.5. The van der Waals surface area contributed by atoms with E-state index in [1.165, 1.54) is 7.11 Å². The molecule has 8 heteroatoms. The second kappa shape index (κ2) is 16.4. The normalized spacial score (nSPS) is 22.2. The summed E-state index contributed by atoms with van der Waals surface area (Å²) in [5.41, 5.74) is 0. The largest absolute Gasteiger partial charge is 0.469 e. The van der Waals surface area contributed by atoms with Crippen LogP contribution in [0.1, 0.15) is 93.9 Å². The van der Waals surface area contributed by atoms with Gasteiger partial charge < -0.3 is 13.6 Å². The molecule has 0 aromatic rings. The molecule has 0 spiro atoms. The molecule has 5 nitrogen and oxygen atoms in total. The molecule has 0 bridgehead atoms. The fourth-order valence-electron chi connectivity index (χ4n) is 4.52. The molecular weight excluding hydrogens is 624 g/mol. The minimum Gasteiger partial charge on any atom is -0.469 e. The van der Waals surface area contributed by atoms with Crippen molar-refractivity contribution in [2.45, 2.75) is 142 Å². The van der Waals surface area contributed by atoms with Gasteiger partial charge in [0.05, 0.1) is 19.3 Å². The van der Waals surface area contributed by atoms with Crippen LogP contribution in [-0.4, -0.2) is 47.7 Å². The van der Waals surface area contributed by atoms with Crippen molar-refractivity contribution < 1.29 is 23.2 Å². The number of methoxy groups -OCH3 is 1. The van der Waals surface area contributed by atoms with Crippen molar-refractivity contribution >= 4 is 44.3 Å². The number of allylic oxidation sites excluding steroid dienone is 2. The summed E-state index contributed by atoms with van der Waals surface area (Å²) in [5, 5.41) is 0.127. The Bertz CT molecular complexity index is 1020. The van der Waals surface area contributed by atoms with Gasteiger partial charge in [0.25, 0.3) is 0 Å². The average molecular weight is 684 g/mol. The van der Waals surface area contributed by atoms with Crippen LogP contribution in [0.4, 0.5) is 0 Å². The molecule has 1 rings (SSSR count). The van der Waals surface area contributed by atoms with Gasteiger partial charge in [0.1, 0.15) is 5.78 Å². The molecule has 42 heavy (non-hydrogen) atoms. The van der Waals surface area contributed by atoms with E-state index in [0.29, 0.717) is 25.7 Å². The Morgan fingerprint density at radius 2 is 1.69 bits per heavy atom. The van der Waals surface area contributed by atoms with E-state index in [0.717, 1.165) is 17.3 Å². The number of hydrogen-bond acceptors (Lipinski definition) is 5. The fraction of sp³-hybridized carbons (Fsp3) is 0.765. The average Bonchev–Trinajstić information content (AvgIpc) is 3.13. The van der Waals surface area contributed by atoms with Gasteiger partial charge in [-0.15, -0.1) is 11.8 Å². The van der Waals surface area contributed by atoms with E-state index < -0.39 is 16.6 Å². The lowest BCUT2D eigenvalue weighted by Crippen LogP contribution is -2.45. The zero-order valence-corrected chi connectivity index (χ0v) is 32.4. The zero-order valence-electron chi connectivity index (χ0n) is 28.8. The molecule has 2 unspecified atom stereocenters. The van der Waals surface area contributed by atoms with Gasteiger partial charge in [-0.1, -0.05) is 82.6 Å². The first-order chi connectivity index (χ1) is 19.2. The van der Waals surface area contributed by atoms with Gasteiger partial charge in [-0.3, -0.25) is 9.59 Å². The van der Waals surface area contributed by atoms with Crippen LogP contribution in [0.3, 0.4) is 0 Å². The number of ether oxygens (including phenoxy) is 1. The number of hydrogen-bond donors (Lipinski definition) is 0. The smallest absolute Gasteiger partial charge is 0.305 e. The lowest BCUT2D eigenvalue weighted by Gasteiger charge is -2.40. The number of esters is 1. The number of carbonyl (C=O) groups is 2. The van der Waals surface area contributed by atoms with Crippen LogP contribution in [-0.2, 0) is 23.2 Å². The Kier molecular flexibility index (Phi) is 15.2. The van der Waals surface area contributed by atoms with Crippen molar-refractivity contribution in [3.05, 3.63) is 22.7 Å². The van der Waals surface area contributed by atoms with Gasteiger partial charge in [0.15, 0.2) is 16.6 Å². The maximum absolute atomic E-state index is 13.6. The predicted molar refractivity (Wildman–Crippen MR) is 185 cm³/mol. The molecule has 5 atom stereocenters. The van der Waals surface area contributed by atoms with Crippen molar-refractivity contribution in [3.8, 4) is 11.8 Å². The number of halogens is 1. The monoisotopic (exact) mass is 682 g/mol. The Morgan fingerprint density at radius 1 is 1.10 bits per heavy atom. The summed E-state index contributed by atoms with van der Waals surface area (Å²) in [7, 11) is -2.75. The number of ketones is 1. The number of rotatable bonds is 14. The van der Waals surface area contributed by atoms with Crippen molar-refractivity contribution in [2.24, 2.45) is 17.8 Å². The molecule has 0 amide bonds. The van der Waals surface area contributed by atoms with Crippen LogP contribution in [0.2, 0.25) is 36.3 Å². The molecular formula is C34H59BrO5Si2. The Labute approximate surface area is 268 Å². The Balaban J connectivity index is 3.40. The summed E-state index contributed by atoms with van der Waals surface area (Å²) in [4.78, 5) is 25.0. The Morgan fingerprint density at radius 3 is 2.21 bits per heavy atom. The Hall–Kier alpha value is -0.986. The fourth-order valence-corrected chi connectivity index (χ4v) is 7.80. The van der Waals surface area contributed by atoms with E-state index in [1.54, 1.807) is 0 Å². The highest BCUT2D eigenvalue weighted by Crippen LogP contribution is 2.44. The molecule has 0 N–H and O–H groups in total. The standard InChI is InChI=1S/C34H59BrO5Si2/c1-14-15-18-25(2)30(39-41(10,11)33(3,4)5)22-21-27-28(23-26(35)19-16-17-20-32(37)38-9)29(36)24-31(27)40-42(12,13)34(6,7)8/h19,21-22,25,27-28,30-31H,16-18,20,23-24H2,1-13H3/b22-21+,26-19-/t25-,27+,28+,30?,31?/m0/s1. The molecule has 0 heterocycles. The molecule has 0 radical (unpaired) electrons. The second-order valence-electron chi connectivity index (χ2n) is 14.9. The van der Waals surface area contributed by atoms with Gasteiger partial charge in [-0.25, -0.2) is 0 Å². The minimum atomic E-state index is -2.11. The van der Waals surface area contributed by atoms with Gasteiger partial charge in [0.2, 0.25) is 0 Å². The van der Waals surface area contributed by atoms with E-state index in [1.807, 2.05) is 6.92 Å². The molecule has 0 aromatic carbocycles. The summed E-state index contributed by atoms with van der Waals surface area (Å²) in [6.45, 7) is 26.7. The third-order valence-electron chi connectivity index (χ3n) is 9.48. The highest BCUT2D eigenvalue weighted by atomic mass is 79.9. The number of Topliss-reactive ketones (excluding diaryl/α,β-unsaturated/α-hetero) is 1. The maximum Gasteiger partial charge on any atom is 0.305 e. The maximum atomic E-state index is 13.6. The molecule has 1 saturated carbocycles. The molecule has 0 saturated heterocycles. The number of carbonyl (C=O) groups excluding carboxylic acids is 2. The highest BCUT2D eigenvalue weighted by Gasteiger charge is 2.47. The van der Waals surface area contributed by atoms with Crippen LogP contribution in [0, 0.1) is 29.6 Å². The van der Waals surface area contributed by atoms with E-state index in [4.69, 9.17) is 13.6 Å². The molecule has 1 aliphatic carbocycles. The van der Waals surface area contributed by atoms with Gasteiger partial charge >= 0.3 is 5.97 Å². The minimum absolute atomic E-state index is 0.0439. The summed E-state index contributed by atoms with van der Waals surface area (Å²) in [6, 6.07) is 0. The van der Waals surface area contributed by atoms with Crippen LogP contribution in [0.25, 0.3) is 0 Å². The summed E-state index contributed by atoms with van der Waals surface area (Å²) < 4.78 is 19.6. The zero-order chi connectivity index (χ0) is 32.5. The summed E-state index contributed by atoms with van der Waals surface area (Å²) >= 11 is 3.74.